The maximum Gasteiger partial charge on any atom is 0.162 e. The third-order valence-corrected chi connectivity index (χ3v) is 3.75. The number of ketones is 1. The molecular formula is C15H19BrN2O. The topological polar surface area (TPSA) is 44.1 Å². The van der Waals surface area contributed by atoms with Gasteiger partial charge in [-0.05, 0) is 39.1 Å². The number of rotatable bonds is 7. The van der Waals surface area contributed by atoms with Gasteiger partial charge >= 0.3 is 0 Å². The van der Waals surface area contributed by atoms with Crippen molar-refractivity contribution in [1.82, 2.24) is 4.90 Å². The van der Waals surface area contributed by atoms with Crippen molar-refractivity contribution in [2.75, 3.05) is 13.6 Å². The minimum atomic E-state index is 0.175. The van der Waals surface area contributed by atoms with Crippen molar-refractivity contribution < 1.29 is 4.79 Å². The molecule has 1 aromatic rings. The molecule has 0 aliphatic heterocycles. The molecule has 1 aromatic carbocycles. The molecule has 4 heteroatoms. The first-order valence-corrected chi connectivity index (χ1v) is 7.20. The summed E-state index contributed by atoms with van der Waals surface area (Å²) < 4.78 is 0.981. The van der Waals surface area contributed by atoms with Crippen LogP contribution in [0.25, 0.3) is 0 Å². The van der Waals surface area contributed by atoms with Crippen LogP contribution in [0.3, 0.4) is 0 Å². The number of nitriles is 1. The summed E-state index contributed by atoms with van der Waals surface area (Å²) in [6.45, 7) is 2.87. The smallest absolute Gasteiger partial charge is 0.162 e. The first-order valence-electron chi connectivity index (χ1n) is 6.40. The van der Waals surface area contributed by atoms with E-state index in [2.05, 4.69) is 26.9 Å². The zero-order chi connectivity index (χ0) is 14.3. The number of benzene rings is 1. The number of hydrogen-bond donors (Lipinski definition) is 0. The second-order valence-corrected chi connectivity index (χ2v) is 5.64. The predicted molar refractivity (Wildman–Crippen MR) is 80.0 cm³/mol. The van der Waals surface area contributed by atoms with Gasteiger partial charge in [-0.3, -0.25) is 4.79 Å². The molecule has 0 aliphatic carbocycles. The highest BCUT2D eigenvalue weighted by atomic mass is 79.9. The lowest BCUT2D eigenvalue weighted by Crippen LogP contribution is -2.29. The summed E-state index contributed by atoms with van der Waals surface area (Å²) in [5, 5.41) is 8.64. The van der Waals surface area contributed by atoms with Crippen LogP contribution in [0.5, 0.6) is 0 Å². The Morgan fingerprint density at radius 3 is 2.63 bits per heavy atom. The Kier molecular flexibility index (Phi) is 6.75. The van der Waals surface area contributed by atoms with Gasteiger partial charge < -0.3 is 4.90 Å². The quantitative estimate of drug-likeness (QED) is 0.720. The zero-order valence-electron chi connectivity index (χ0n) is 11.4. The van der Waals surface area contributed by atoms with Crippen molar-refractivity contribution in [2.45, 2.75) is 32.2 Å². The van der Waals surface area contributed by atoms with Crippen LogP contribution in [0.2, 0.25) is 0 Å². The number of carbonyl (C=O) groups excluding carboxylic acids is 1. The molecule has 0 aromatic heterocycles. The van der Waals surface area contributed by atoms with Crippen molar-refractivity contribution in [3.05, 3.63) is 34.3 Å². The average Bonchev–Trinajstić information content (AvgIpc) is 2.39. The summed E-state index contributed by atoms with van der Waals surface area (Å²) in [4.78, 5) is 14.1. The number of Topliss-reactive ketones (excluding diaryl/α,β-unsaturated/α-hetero) is 1. The molecule has 1 atom stereocenters. The van der Waals surface area contributed by atoms with E-state index in [1.165, 1.54) is 0 Å². The van der Waals surface area contributed by atoms with Crippen LogP contribution in [0.4, 0.5) is 0 Å². The van der Waals surface area contributed by atoms with Gasteiger partial charge in [0.25, 0.3) is 0 Å². The molecule has 0 saturated heterocycles. The highest BCUT2D eigenvalue weighted by Crippen LogP contribution is 2.13. The summed E-state index contributed by atoms with van der Waals surface area (Å²) in [6.07, 6.45) is 1.89. The Morgan fingerprint density at radius 1 is 1.42 bits per heavy atom. The summed E-state index contributed by atoms with van der Waals surface area (Å²) in [6, 6.07) is 9.86. The fraction of sp³-hybridized carbons (Fsp3) is 0.467. The summed E-state index contributed by atoms with van der Waals surface area (Å²) in [7, 11) is 1.99. The molecule has 1 unspecified atom stereocenters. The van der Waals surface area contributed by atoms with E-state index in [-0.39, 0.29) is 11.8 Å². The predicted octanol–water partition coefficient (Wildman–Crippen LogP) is 3.65. The van der Waals surface area contributed by atoms with Crippen molar-refractivity contribution in [3.8, 4) is 6.07 Å². The lowest BCUT2D eigenvalue weighted by molar-refractivity contribution is 0.0974. The highest BCUT2D eigenvalue weighted by Gasteiger charge is 2.10. The Bertz CT molecular complexity index is 450. The van der Waals surface area contributed by atoms with Crippen molar-refractivity contribution in [1.29, 1.82) is 5.26 Å². The van der Waals surface area contributed by atoms with Gasteiger partial charge in [0.2, 0.25) is 0 Å². The average molecular weight is 323 g/mol. The van der Waals surface area contributed by atoms with Crippen LogP contribution in [0, 0.1) is 11.3 Å². The van der Waals surface area contributed by atoms with Gasteiger partial charge in [0.1, 0.15) is 0 Å². The van der Waals surface area contributed by atoms with Gasteiger partial charge in [0.05, 0.1) is 12.5 Å². The molecular weight excluding hydrogens is 304 g/mol. The van der Waals surface area contributed by atoms with Crippen LogP contribution in [0.1, 0.15) is 36.5 Å². The lowest BCUT2D eigenvalue weighted by Gasteiger charge is -2.22. The maximum atomic E-state index is 11.9. The van der Waals surface area contributed by atoms with E-state index in [1.54, 1.807) is 0 Å². The van der Waals surface area contributed by atoms with Gasteiger partial charge in [-0.2, -0.15) is 5.26 Å². The van der Waals surface area contributed by atoms with Crippen LogP contribution < -0.4 is 0 Å². The van der Waals surface area contributed by atoms with E-state index in [9.17, 15) is 4.79 Å². The third-order valence-electron chi connectivity index (χ3n) is 3.22. The number of halogens is 1. The first kappa shape index (κ1) is 15.9. The van der Waals surface area contributed by atoms with E-state index in [1.807, 2.05) is 38.2 Å². The Balaban J connectivity index is 2.35. The first-order chi connectivity index (χ1) is 9.04. The number of carbonyl (C=O) groups is 1. The summed E-state index contributed by atoms with van der Waals surface area (Å²) >= 11 is 3.35. The van der Waals surface area contributed by atoms with Crippen LogP contribution in [-0.4, -0.2) is 30.3 Å². The molecule has 0 fully saturated rings. The minimum absolute atomic E-state index is 0.175. The van der Waals surface area contributed by atoms with Gasteiger partial charge in [0.15, 0.2) is 5.78 Å². The molecule has 0 saturated carbocycles. The van der Waals surface area contributed by atoms with Gasteiger partial charge in [-0.25, -0.2) is 0 Å². The largest absolute Gasteiger partial charge is 0.303 e. The van der Waals surface area contributed by atoms with E-state index in [0.717, 1.165) is 23.0 Å². The molecule has 0 bridgehead atoms. The Labute approximate surface area is 123 Å². The molecule has 1 rings (SSSR count). The third kappa shape index (κ3) is 5.54. The molecule has 0 amide bonds. The fourth-order valence-corrected chi connectivity index (χ4v) is 2.04. The molecule has 3 nitrogen and oxygen atoms in total. The van der Waals surface area contributed by atoms with Gasteiger partial charge in [-0.1, -0.05) is 28.1 Å². The molecule has 0 heterocycles. The van der Waals surface area contributed by atoms with E-state index < -0.39 is 0 Å². The SMILES string of the molecule is CC(CC#N)N(C)CCCC(=O)c1ccc(Br)cc1. The molecule has 0 aliphatic rings. The second-order valence-electron chi connectivity index (χ2n) is 4.73. The summed E-state index contributed by atoms with van der Waals surface area (Å²) in [5.41, 5.74) is 0.760. The van der Waals surface area contributed by atoms with E-state index in [4.69, 9.17) is 5.26 Å². The van der Waals surface area contributed by atoms with Crippen molar-refractivity contribution >= 4 is 21.7 Å². The molecule has 102 valence electrons. The normalized spacial score (nSPS) is 12.2. The molecule has 0 radical (unpaired) electrons. The second kappa shape index (κ2) is 8.08. The van der Waals surface area contributed by atoms with Gasteiger partial charge in [-0.15, -0.1) is 0 Å². The number of nitrogens with zero attached hydrogens (tertiary/aromatic N) is 2. The maximum absolute atomic E-state index is 11.9. The van der Waals surface area contributed by atoms with Crippen molar-refractivity contribution in [3.63, 3.8) is 0 Å². The van der Waals surface area contributed by atoms with E-state index >= 15 is 0 Å². The van der Waals surface area contributed by atoms with Crippen LogP contribution in [-0.2, 0) is 0 Å². The van der Waals surface area contributed by atoms with Crippen molar-refractivity contribution in [2.24, 2.45) is 0 Å². The molecule has 0 spiro atoms. The van der Waals surface area contributed by atoms with Crippen LogP contribution >= 0.6 is 15.9 Å². The Hall–Kier alpha value is -1.18. The lowest BCUT2D eigenvalue weighted by atomic mass is 10.1. The Morgan fingerprint density at radius 2 is 2.05 bits per heavy atom. The van der Waals surface area contributed by atoms with E-state index in [0.29, 0.717) is 12.8 Å². The van der Waals surface area contributed by atoms with Gasteiger partial charge in [0, 0.05) is 22.5 Å². The molecule has 19 heavy (non-hydrogen) atoms. The standard InChI is InChI=1S/C15H19BrN2O/c1-12(9-10-17)18(2)11-3-4-15(19)13-5-7-14(16)8-6-13/h5-8,12H,3-4,9,11H2,1-2H3. The number of hydrogen-bond acceptors (Lipinski definition) is 3. The monoisotopic (exact) mass is 322 g/mol. The zero-order valence-corrected chi connectivity index (χ0v) is 13.0. The molecule has 0 N–H and O–H groups in total. The highest BCUT2D eigenvalue weighted by molar-refractivity contribution is 9.10. The van der Waals surface area contributed by atoms with Crippen LogP contribution in [0.15, 0.2) is 28.7 Å². The fourth-order valence-electron chi connectivity index (χ4n) is 1.78. The summed E-state index contributed by atoms with van der Waals surface area (Å²) in [5.74, 6) is 0.175. The minimum Gasteiger partial charge on any atom is -0.303 e.